The number of nitrogens with zero attached hydrogens (tertiary/aromatic N) is 1. The van der Waals surface area contributed by atoms with Gasteiger partial charge in [0.25, 0.3) is 0 Å². The minimum absolute atomic E-state index is 0.0275. The van der Waals surface area contributed by atoms with Crippen molar-refractivity contribution >= 4 is 5.97 Å². The van der Waals surface area contributed by atoms with Crippen LogP contribution < -0.4 is 19.9 Å². The van der Waals surface area contributed by atoms with Gasteiger partial charge in [0.05, 0.1) is 18.1 Å². The van der Waals surface area contributed by atoms with Crippen LogP contribution in [-0.4, -0.2) is 12.6 Å². The summed E-state index contributed by atoms with van der Waals surface area (Å²) in [7, 11) is 0. The fourth-order valence-corrected chi connectivity index (χ4v) is 3.92. The van der Waals surface area contributed by atoms with Gasteiger partial charge >= 0.3 is 5.97 Å². The number of fused-ring (bicyclic) bond motifs is 1. The van der Waals surface area contributed by atoms with Crippen LogP contribution in [0.3, 0.4) is 0 Å². The van der Waals surface area contributed by atoms with Crippen LogP contribution in [0, 0.1) is 18.3 Å². The number of hydrogen-bond acceptors (Lipinski definition) is 6. The first kappa shape index (κ1) is 22.9. The minimum Gasteiger partial charge on any atom is -0.494 e. The van der Waals surface area contributed by atoms with Gasteiger partial charge in [0, 0.05) is 11.6 Å². The first-order valence-corrected chi connectivity index (χ1v) is 11.2. The van der Waals surface area contributed by atoms with E-state index >= 15 is 0 Å². The Morgan fingerprint density at radius 2 is 1.91 bits per heavy atom. The Hall–Kier alpha value is -4.24. The van der Waals surface area contributed by atoms with Crippen molar-refractivity contribution in [2.45, 2.75) is 32.6 Å². The summed E-state index contributed by atoms with van der Waals surface area (Å²) in [5.74, 6) is 0.649. The molecule has 2 N–H and O–H groups in total. The highest BCUT2D eigenvalue weighted by atomic mass is 16.5. The van der Waals surface area contributed by atoms with E-state index in [-0.39, 0.29) is 5.88 Å². The zero-order valence-electron chi connectivity index (χ0n) is 19.2. The molecule has 3 aromatic rings. The lowest BCUT2D eigenvalue weighted by atomic mass is 9.83. The van der Waals surface area contributed by atoms with Gasteiger partial charge < -0.3 is 19.9 Å². The highest BCUT2D eigenvalue weighted by molar-refractivity contribution is 5.92. The SMILES string of the molecule is CCCCOc1cccc(C2C(C#N)=C(N)Oc3cc(OC(=O)c4ccccc4C)ccc32)c1. The maximum atomic E-state index is 12.6. The van der Waals surface area contributed by atoms with Gasteiger partial charge in [0.2, 0.25) is 5.88 Å². The van der Waals surface area contributed by atoms with Crippen LogP contribution in [0.2, 0.25) is 0 Å². The number of carbonyl (C=O) groups is 1. The topological polar surface area (TPSA) is 94.6 Å². The quantitative estimate of drug-likeness (QED) is 0.283. The lowest BCUT2D eigenvalue weighted by Gasteiger charge is -2.27. The van der Waals surface area contributed by atoms with E-state index in [9.17, 15) is 10.1 Å². The summed E-state index contributed by atoms with van der Waals surface area (Å²) >= 11 is 0. The number of allylic oxidation sites excluding steroid dienone is 1. The van der Waals surface area contributed by atoms with Crippen molar-refractivity contribution in [3.8, 4) is 23.3 Å². The normalized spacial score (nSPS) is 14.6. The molecule has 4 rings (SSSR count). The number of nitriles is 1. The van der Waals surface area contributed by atoms with Crippen molar-refractivity contribution in [2.24, 2.45) is 5.73 Å². The van der Waals surface area contributed by atoms with Gasteiger partial charge in [-0.05, 0) is 48.7 Å². The third kappa shape index (κ3) is 4.74. The summed E-state index contributed by atoms with van der Waals surface area (Å²) in [6, 6.07) is 22.2. The third-order valence-corrected chi connectivity index (χ3v) is 5.72. The van der Waals surface area contributed by atoms with E-state index in [1.165, 1.54) is 0 Å². The molecule has 0 fully saturated rings. The number of benzene rings is 3. The lowest BCUT2D eigenvalue weighted by molar-refractivity contribution is 0.0733. The Bertz CT molecular complexity index is 1290. The van der Waals surface area contributed by atoms with Gasteiger partial charge in [-0.2, -0.15) is 5.26 Å². The number of hydrogen-bond donors (Lipinski definition) is 1. The molecule has 1 aliphatic heterocycles. The first-order valence-electron chi connectivity index (χ1n) is 11.2. The van der Waals surface area contributed by atoms with Crippen LogP contribution in [0.5, 0.6) is 17.2 Å². The van der Waals surface area contributed by atoms with Gasteiger partial charge in [-0.15, -0.1) is 0 Å². The second-order valence-corrected chi connectivity index (χ2v) is 8.10. The van der Waals surface area contributed by atoms with Crippen molar-refractivity contribution in [3.05, 3.63) is 100 Å². The van der Waals surface area contributed by atoms with Crippen LogP contribution in [0.4, 0.5) is 0 Å². The summed E-state index contributed by atoms with van der Waals surface area (Å²) in [4.78, 5) is 12.6. The van der Waals surface area contributed by atoms with E-state index in [2.05, 4.69) is 13.0 Å². The molecule has 34 heavy (non-hydrogen) atoms. The predicted molar refractivity (Wildman–Crippen MR) is 129 cm³/mol. The smallest absolute Gasteiger partial charge is 0.343 e. The van der Waals surface area contributed by atoms with Crippen molar-refractivity contribution in [2.75, 3.05) is 6.61 Å². The number of unbranched alkanes of at least 4 members (excludes halogenated alkanes) is 1. The van der Waals surface area contributed by atoms with Crippen LogP contribution >= 0.6 is 0 Å². The summed E-state index contributed by atoms with van der Waals surface area (Å²) in [6.07, 6.45) is 2.01. The molecule has 6 heteroatoms. The summed E-state index contributed by atoms with van der Waals surface area (Å²) in [5.41, 5.74) is 9.39. The van der Waals surface area contributed by atoms with Crippen LogP contribution in [-0.2, 0) is 0 Å². The standard InChI is InChI=1S/C28H26N2O4/c1-3-4-14-32-20-10-7-9-19(15-20)26-23-13-12-21(16-25(23)34-27(30)24(26)17-29)33-28(31)22-11-6-5-8-18(22)2/h5-13,15-16,26H,3-4,14,30H2,1-2H3. The van der Waals surface area contributed by atoms with Gasteiger partial charge in [0.15, 0.2) is 0 Å². The van der Waals surface area contributed by atoms with E-state index in [0.717, 1.165) is 35.3 Å². The zero-order valence-corrected chi connectivity index (χ0v) is 19.2. The Balaban J connectivity index is 1.66. The number of nitrogens with two attached hydrogens (primary N) is 1. The van der Waals surface area contributed by atoms with Gasteiger partial charge in [-0.3, -0.25) is 0 Å². The van der Waals surface area contributed by atoms with Crippen molar-refractivity contribution in [3.63, 3.8) is 0 Å². The van der Waals surface area contributed by atoms with E-state index in [4.69, 9.17) is 19.9 Å². The highest BCUT2D eigenvalue weighted by Crippen LogP contribution is 2.44. The number of aryl methyl sites for hydroxylation is 1. The van der Waals surface area contributed by atoms with Crippen molar-refractivity contribution in [1.29, 1.82) is 5.26 Å². The molecule has 0 spiro atoms. The predicted octanol–water partition coefficient (Wildman–Crippen LogP) is 5.61. The zero-order chi connectivity index (χ0) is 24.1. The van der Waals surface area contributed by atoms with Gasteiger partial charge in [-0.1, -0.05) is 49.7 Å². The average Bonchev–Trinajstić information content (AvgIpc) is 2.83. The van der Waals surface area contributed by atoms with E-state index in [1.807, 2.05) is 43.3 Å². The van der Waals surface area contributed by atoms with E-state index < -0.39 is 11.9 Å². The van der Waals surface area contributed by atoms with E-state index in [0.29, 0.717) is 29.2 Å². The Morgan fingerprint density at radius 3 is 2.68 bits per heavy atom. The number of ether oxygens (including phenoxy) is 3. The molecular formula is C28H26N2O4. The molecule has 0 aromatic heterocycles. The molecule has 172 valence electrons. The number of carbonyl (C=O) groups excluding carboxylic acids is 1. The molecule has 0 aliphatic carbocycles. The van der Waals surface area contributed by atoms with Crippen molar-refractivity contribution < 1.29 is 19.0 Å². The largest absolute Gasteiger partial charge is 0.494 e. The number of esters is 1. The Labute approximate surface area is 199 Å². The molecule has 0 radical (unpaired) electrons. The van der Waals surface area contributed by atoms with Gasteiger partial charge in [-0.25, -0.2) is 4.79 Å². The minimum atomic E-state index is -0.455. The maximum absolute atomic E-state index is 12.6. The maximum Gasteiger partial charge on any atom is 0.343 e. The molecule has 0 saturated carbocycles. The summed E-state index contributed by atoms with van der Waals surface area (Å²) < 4.78 is 17.2. The molecule has 6 nitrogen and oxygen atoms in total. The average molecular weight is 455 g/mol. The molecule has 0 amide bonds. The van der Waals surface area contributed by atoms with Crippen LogP contribution in [0.15, 0.2) is 78.2 Å². The van der Waals surface area contributed by atoms with Crippen molar-refractivity contribution in [1.82, 2.24) is 0 Å². The lowest BCUT2D eigenvalue weighted by Crippen LogP contribution is -2.21. The Kier molecular flexibility index (Phi) is 6.84. The summed E-state index contributed by atoms with van der Waals surface area (Å²) in [6.45, 7) is 4.59. The fraction of sp³-hybridized carbons (Fsp3) is 0.214. The number of rotatable bonds is 7. The molecule has 1 aliphatic rings. The molecule has 0 saturated heterocycles. The second-order valence-electron chi connectivity index (χ2n) is 8.10. The molecule has 1 unspecified atom stereocenters. The van der Waals surface area contributed by atoms with Crippen LogP contribution in [0.1, 0.15) is 52.7 Å². The monoisotopic (exact) mass is 454 g/mol. The third-order valence-electron chi connectivity index (χ3n) is 5.72. The van der Waals surface area contributed by atoms with E-state index in [1.54, 1.807) is 30.3 Å². The molecule has 0 bridgehead atoms. The highest BCUT2D eigenvalue weighted by Gasteiger charge is 2.31. The molecule has 1 atom stereocenters. The Morgan fingerprint density at radius 1 is 1.09 bits per heavy atom. The van der Waals surface area contributed by atoms with Gasteiger partial charge in [0.1, 0.15) is 28.9 Å². The molecule has 1 heterocycles. The second kappa shape index (κ2) is 10.1. The molecule has 3 aromatic carbocycles. The molecular weight excluding hydrogens is 428 g/mol. The fourth-order valence-electron chi connectivity index (χ4n) is 3.92. The van der Waals surface area contributed by atoms with Crippen LogP contribution in [0.25, 0.3) is 0 Å². The summed E-state index contributed by atoms with van der Waals surface area (Å²) in [5, 5.41) is 9.82. The first-order chi connectivity index (χ1) is 16.5.